The fourth-order valence-electron chi connectivity index (χ4n) is 3.53. The maximum Gasteiger partial charge on any atom is 0.332 e. The Balaban J connectivity index is 1.87. The molecule has 8 heteroatoms. The number of aromatic nitrogens is 4. The van der Waals surface area contributed by atoms with E-state index in [0.717, 1.165) is 26.8 Å². The van der Waals surface area contributed by atoms with Gasteiger partial charge in [0.25, 0.3) is 5.56 Å². The number of hydrogen-bond donors (Lipinski definition) is 1. The highest BCUT2D eigenvalue weighted by molar-refractivity contribution is 5.80. The Morgan fingerprint density at radius 2 is 1.77 bits per heavy atom. The van der Waals surface area contributed by atoms with Crippen molar-refractivity contribution in [1.29, 1.82) is 0 Å². The van der Waals surface area contributed by atoms with E-state index in [9.17, 15) is 9.59 Å². The van der Waals surface area contributed by atoms with Gasteiger partial charge in [-0.3, -0.25) is 18.5 Å². The number of benzene rings is 2. The SMILES string of the molecule is Cc1ccc(C)c(Cn2c(N/N=C/c3ccccc3)nc3c2c(=O)n(C)c(=O)n3C)c1. The number of nitrogens with one attached hydrogen (secondary N) is 1. The Morgan fingerprint density at radius 3 is 2.52 bits per heavy atom. The van der Waals surface area contributed by atoms with Crippen molar-refractivity contribution in [2.75, 3.05) is 5.43 Å². The average Bonchev–Trinajstić information content (AvgIpc) is 3.12. The minimum Gasteiger partial charge on any atom is -0.298 e. The van der Waals surface area contributed by atoms with Crippen molar-refractivity contribution in [3.63, 3.8) is 0 Å². The molecule has 0 aliphatic rings. The molecule has 0 fully saturated rings. The van der Waals surface area contributed by atoms with Gasteiger partial charge in [0.05, 0.1) is 12.8 Å². The highest BCUT2D eigenvalue weighted by Crippen LogP contribution is 2.20. The fraction of sp³-hybridized carbons (Fsp3) is 0.217. The predicted octanol–water partition coefficient (Wildman–Crippen LogP) is 2.54. The lowest BCUT2D eigenvalue weighted by Crippen LogP contribution is -2.37. The van der Waals surface area contributed by atoms with Gasteiger partial charge in [0, 0.05) is 14.1 Å². The van der Waals surface area contributed by atoms with Crippen molar-refractivity contribution in [3.8, 4) is 0 Å². The number of nitrogens with zero attached hydrogens (tertiary/aromatic N) is 5. The van der Waals surface area contributed by atoms with Crippen LogP contribution in [0.25, 0.3) is 11.2 Å². The second-order valence-corrected chi connectivity index (χ2v) is 7.61. The molecule has 0 unspecified atom stereocenters. The molecule has 4 rings (SSSR count). The van der Waals surface area contributed by atoms with Crippen LogP contribution in [0.5, 0.6) is 0 Å². The zero-order chi connectivity index (χ0) is 22.1. The van der Waals surface area contributed by atoms with Crippen LogP contribution >= 0.6 is 0 Å². The number of aryl methyl sites for hydroxylation is 3. The van der Waals surface area contributed by atoms with E-state index in [1.165, 1.54) is 11.6 Å². The average molecular weight is 416 g/mol. The summed E-state index contributed by atoms with van der Waals surface area (Å²) >= 11 is 0. The second kappa shape index (κ2) is 8.06. The Labute approximate surface area is 179 Å². The number of rotatable bonds is 5. The summed E-state index contributed by atoms with van der Waals surface area (Å²) in [5, 5.41) is 4.30. The van der Waals surface area contributed by atoms with Crippen LogP contribution in [0.1, 0.15) is 22.3 Å². The molecule has 0 saturated heterocycles. The van der Waals surface area contributed by atoms with Crippen molar-refractivity contribution in [3.05, 3.63) is 91.6 Å². The van der Waals surface area contributed by atoms with Crippen molar-refractivity contribution >= 4 is 23.3 Å². The number of hydrogen-bond acceptors (Lipinski definition) is 5. The molecule has 0 amide bonds. The first-order valence-electron chi connectivity index (χ1n) is 9.93. The summed E-state index contributed by atoms with van der Waals surface area (Å²) in [6, 6.07) is 15.9. The van der Waals surface area contributed by atoms with E-state index in [1.807, 2.05) is 44.2 Å². The van der Waals surface area contributed by atoms with E-state index in [1.54, 1.807) is 17.8 Å². The lowest BCUT2D eigenvalue weighted by atomic mass is 10.1. The topological polar surface area (TPSA) is 86.2 Å². The molecule has 0 bridgehead atoms. The van der Waals surface area contributed by atoms with Crippen molar-refractivity contribution in [1.82, 2.24) is 18.7 Å². The third-order valence-corrected chi connectivity index (χ3v) is 5.36. The van der Waals surface area contributed by atoms with Crippen molar-refractivity contribution < 1.29 is 0 Å². The lowest BCUT2D eigenvalue weighted by Gasteiger charge is -2.12. The number of fused-ring (bicyclic) bond motifs is 1. The summed E-state index contributed by atoms with van der Waals surface area (Å²) in [6.45, 7) is 4.48. The summed E-state index contributed by atoms with van der Waals surface area (Å²) in [7, 11) is 3.08. The predicted molar refractivity (Wildman–Crippen MR) is 123 cm³/mol. The molecule has 1 N–H and O–H groups in total. The number of anilines is 1. The number of imidazole rings is 1. The molecule has 2 heterocycles. The van der Waals surface area contributed by atoms with Crippen molar-refractivity contribution in [2.45, 2.75) is 20.4 Å². The third-order valence-electron chi connectivity index (χ3n) is 5.36. The lowest BCUT2D eigenvalue weighted by molar-refractivity contribution is 0.702. The molecule has 0 aliphatic heterocycles. The van der Waals surface area contributed by atoms with Gasteiger partial charge < -0.3 is 0 Å². The van der Waals surface area contributed by atoms with E-state index < -0.39 is 11.2 Å². The highest BCUT2D eigenvalue weighted by atomic mass is 16.2. The zero-order valence-electron chi connectivity index (χ0n) is 18.0. The number of hydrazone groups is 1. The Hall–Kier alpha value is -3.94. The summed E-state index contributed by atoms with van der Waals surface area (Å²) in [4.78, 5) is 29.9. The minimum absolute atomic E-state index is 0.316. The van der Waals surface area contributed by atoms with Crippen LogP contribution in [0, 0.1) is 13.8 Å². The van der Waals surface area contributed by atoms with Gasteiger partial charge in [-0.2, -0.15) is 10.1 Å². The van der Waals surface area contributed by atoms with E-state index in [0.29, 0.717) is 23.7 Å². The first-order chi connectivity index (χ1) is 14.9. The Kier molecular flexibility index (Phi) is 5.29. The summed E-state index contributed by atoms with van der Waals surface area (Å²) in [5.74, 6) is 0.390. The Bertz CT molecular complexity index is 1410. The van der Waals surface area contributed by atoms with Crippen molar-refractivity contribution in [2.24, 2.45) is 19.2 Å². The maximum absolute atomic E-state index is 13.0. The maximum atomic E-state index is 13.0. The summed E-state index contributed by atoms with van der Waals surface area (Å²) in [5.41, 5.74) is 7.02. The standard InChI is InChI=1S/C23H24N6O2/c1-15-10-11-16(2)18(12-15)14-29-19-20(27(3)23(31)28(4)21(19)30)25-22(29)26-24-13-17-8-6-5-7-9-17/h5-13H,14H2,1-4H3,(H,25,26)/b24-13+. The van der Waals surface area contributed by atoms with Crippen LogP contribution in [0.15, 0.2) is 63.2 Å². The quantitative estimate of drug-likeness (QED) is 0.400. The van der Waals surface area contributed by atoms with Gasteiger partial charge in [0.1, 0.15) is 0 Å². The molecule has 2 aromatic heterocycles. The second-order valence-electron chi connectivity index (χ2n) is 7.61. The van der Waals surface area contributed by atoms with Gasteiger partial charge in [-0.25, -0.2) is 10.2 Å². The van der Waals surface area contributed by atoms with Gasteiger partial charge in [0.15, 0.2) is 11.2 Å². The molecule has 31 heavy (non-hydrogen) atoms. The van der Waals surface area contributed by atoms with E-state index in [4.69, 9.17) is 0 Å². The van der Waals surface area contributed by atoms with Gasteiger partial charge in [0.2, 0.25) is 5.95 Å². The van der Waals surface area contributed by atoms with Gasteiger partial charge in [-0.15, -0.1) is 0 Å². The molecule has 0 spiro atoms. The molecule has 4 aromatic rings. The zero-order valence-corrected chi connectivity index (χ0v) is 18.0. The summed E-state index contributed by atoms with van der Waals surface area (Å²) < 4.78 is 4.25. The smallest absolute Gasteiger partial charge is 0.298 e. The van der Waals surface area contributed by atoms with Crippen LogP contribution in [0.2, 0.25) is 0 Å². The molecule has 0 atom stereocenters. The summed E-state index contributed by atoms with van der Waals surface area (Å²) in [6.07, 6.45) is 1.68. The van der Waals surface area contributed by atoms with Gasteiger partial charge in [-0.1, -0.05) is 54.1 Å². The van der Waals surface area contributed by atoms with E-state index in [-0.39, 0.29) is 0 Å². The fourth-order valence-corrected chi connectivity index (χ4v) is 3.53. The normalized spacial score (nSPS) is 11.5. The molecule has 0 aliphatic carbocycles. The molecular weight excluding hydrogens is 392 g/mol. The molecule has 2 aromatic carbocycles. The molecule has 8 nitrogen and oxygen atoms in total. The third kappa shape index (κ3) is 3.79. The highest BCUT2D eigenvalue weighted by Gasteiger charge is 2.19. The van der Waals surface area contributed by atoms with Crippen LogP contribution in [0.3, 0.4) is 0 Å². The molecule has 0 radical (unpaired) electrons. The van der Waals surface area contributed by atoms with E-state index in [2.05, 4.69) is 33.7 Å². The molecule has 158 valence electrons. The van der Waals surface area contributed by atoms with E-state index >= 15 is 0 Å². The van der Waals surface area contributed by atoms with Crippen LogP contribution in [0.4, 0.5) is 5.95 Å². The molecular formula is C23H24N6O2. The van der Waals surface area contributed by atoms with Crippen LogP contribution < -0.4 is 16.7 Å². The van der Waals surface area contributed by atoms with Gasteiger partial charge >= 0.3 is 5.69 Å². The Morgan fingerprint density at radius 1 is 1.03 bits per heavy atom. The molecule has 0 saturated carbocycles. The largest absolute Gasteiger partial charge is 0.332 e. The minimum atomic E-state index is -0.423. The van der Waals surface area contributed by atoms with Gasteiger partial charge in [-0.05, 0) is 30.5 Å². The first kappa shape index (κ1) is 20.3. The first-order valence-corrected chi connectivity index (χ1v) is 9.93. The van der Waals surface area contributed by atoms with Crippen LogP contribution in [-0.2, 0) is 20.6 Å². The monoisotopic (exact) mass is 416 g/mol. The van der Waals surface area contributed by atoms with Crippen LogP contribution in [-0.4, -0.2) is 24.9 Å².